The van der Waals surface area contributed by atoms with Gasteiger partial charge in [-0.3, -0.25) is 10.6 Å². The van der Waals surface area contributed by atoms with Crippen LogP contribution >= 0.6 is 0 Å². The van der Waals surface area contributed by atoms with Gasteiger partial charge in [0.25, 0.3) is 10.2 Å². The zero-order chi connectivity index (χ0) is 10.8. The van der Waals surface area contributed by atoms with E-state index in [1.807, 2.05) is 0 Å². The highest BCUT2D eigenvalue weighted by Crippen LogP contribution is 2.18. The maximum atomic E-state index is 11.2. The van der Waals surface area contributed by atoms with Crippen LogP contribution in [0.3, 0.4) is 0 Å². The molecule has 4 N–H and O–H groups in total. The molecule has 0 saturated carbocycles. The van der Waals surface area contributed by atoms with Crippen LogP contribution in [0.5, 0.6) is 0 Å². The van der Waals surface area contributed by atoms with Gasteiger partial charge >= 0.3 is 5.97 Å². The minimum absolute atomic E-state index is 0.0120. The van der Waals surface area contributed by atoms with Crippen LogP contribution in [0.4, 0.5) is 0 Å². The second-order valence-corrected chi connectivity index (χ2v) is 4.86. The molecular formula is C6H13N3O4S. The van der Waals surface area contributed by atoms with E-state index in [9.17, 15) is 13.2 Å². The van der Waals surface area contributed by atoms with Crippen molar-refractivity contribution >= 4 is 16.2 Å². The third-order valence-electron chi connectivity index (χ3n) is 2.22. The maximum absolute atomic E-state index is 11.2. The first kappa shape index (κ1) is 11.4. The highest BCUT2D eigenvalue weighted by molar-refractivity contribution is 7.87. The van der Waals surface area contributed by atoms with Gasteiger partial charge in [-0.05, 0) is 12.8 Å². The number of carboxylic acids is 1. The number of hydrogen-bond acceptors (Lipinski definition) is 4. The Labute approximate surface area is 82.0 Å². The van der Waals surface area contributed by atoms with Gasteiger partial charge in [-0.25, -0.2) is 0 Å². The van der Waals surface area contributed by atoms with Crippen molar-refractivity contribution in [1.29, 1.82) is 0 Å². The van der Waals surface area contributed by atoms with E-state index in [-0.39, 0.29) is 6.54 Å². The van der Waals surface area contributed by atoms with Gasteiger partial charge in [0.05, 0.1) is 5.92 Å². The van der Waals surface area contributed by atoms with E-state index in [1.165, 1.54) is 0 Å². The van der Waals surface area contributed by atoms with Crippen LogP contribution in [-0.2, 0) is 15.0 Å². The molecule has 1 aliphatic rings. The lowest BCUT2D eigenvalue weighted by Gasteiger charge is -2.28. The molecule has 0 spiro atoms. The number of nitrogens with two attached hydrogens (primary N) is 1. The zero-order valence-electron chi connectivity index (χ0n) is 7.51. The van der Waals surface area contributed by atoms with Crippen molar-refractivity contribution in [3.05, 3.63) is 0 Å². The van der Waals surface area contributed by atoms with Crippen molar-refractivity contribution in [3.8, 4) is 0 Å². The lowest BCUT2D eigenvalue weighted by Crippen LogP contribution is -2.49. The number of hydrogen-bond donors (Lipinski definition) is 3. The highest BCUT2D eigenvalue weighted by Gasteiger charge is 2.31. The third-order valence-corrected chi connectivity index (χ3v) is 3.53. The fourth-order valence-corrected chi connectivity index (χ4v) is 2.33. The molecule has 0 bridgehead atoms. The summed E-state index contributed by atoms with van der Waals surface area (Å²) in [6.45, 7) is 0.304. The second-order valence-electron chi connectivity index (χ2n) is 3.16. The summed E-state index contributed by atoms with van der Waals surface area (Å²) in [5.41, 5.74) is 0. The molecule has 14 heavy (non-hydrogen) atoms. The van der Waals surface area contributed by atoms with E-state index in [0.29, 0.717) is 19.4 Å². The Kier molecular flexibility index (Phi) is 3.43. The average molecular weight is 223 g/mol. The van der Waals surface area contributed by atoms with Gasteiger partial charge in [-0.15, -0.1) is 4.83 Å². The first-order chi connectivity index (χ1) is 6.47. The molecule has 1 unspecified atom stereocenters. The van der Waals surface area contributed by atoms with Gasteiger partial charge in [0.15, 0.2) is 0 Å². The monoisotopic (exact) mass is 223 g/mol. The summed E-state index contributed by atoms with van der Waals surface area (Å²) in [6.07, 6.45) is 1.05. The Morgan fingerprint density at radius 2 is 2.21 bits per heavy atom. The lowest BCUT2D eigenvalue weighted by molar-refractivity contribution is -0.142. The molecule has 8 heteroatoms. The number of carboxylic acid groups (broad SMARTS) is 1. The van der Waals surface area contributed by atoms with Crippen molar-refractivity contribution in [2.24, 2.45) is 11.8 Å². The quantitative estimate of drug-likeness (QED) is 0.398. The smallest absolute Gasteiger partial charge is 0.307 e. The predicted octanol–water partition coefficient (Wildman–Crippen LogP) is -1.51. The molecule has 1 rings (SSSR count). The molecule has 1 saturated heterocycles. The van der Waals surface area contributed by atoms with Crippen LogP contribution in [0.15, 0.2) is 0 Å². The van der Waals surface area contributed by atoms with Crippen molar-refractivity contribution in [2.75, 3.05) is 13.1 Å². The van der Waals surface area contributed by atoms with E-state index in [2.05, 4.69) is 0 Å². The second kappa shape index (κ2) is 4.22. The largest absolute Gasteiger partial charge is 0.481 e. The number of piperidine rings is 1. The molecule has 0 aromatic heterocycles. The number of carbonyl (C=O) groups is 1. The minimum Gasteiger partial charge on any atom is -0.481 e. The summed E-state index contributed by atoms with van der Waals surface area (Å²) < 4.78 is 23.5. The number of rotatable bonds is 3. The average Bonchev–Trinajstić information content (AvgIpc) is 2.18. The SMILES string of the molecule is NNS(=O)(=O)N1CCCC(C(=O)O)C1. The minimum atomic E-state index is -3.69. The molecule has 1 atom stereocenters. The Bertz CT molecular complexity index is 315. The Morgan fingerprint density at radius 1 is 1.57 bits per heavy atom. The Balaban J connectivity index is 2.70. The van der Waals surface area contributed by atoms with Crippen molar-refractivity contribution in [2.45, 2.75) is 12.8 Å². The molecule has 0 aliphatic carbocycles. The molecule has 1 heterocycles. The molecule has 0 aromatic rings. The van der Waals surface area contributed by atoms with E-state index in [1.54, 1.807) is 4.83 Å². The van der Waals surface area contributed by atoms with E-state index < -0.39 is 22.1 Å². The fraction of sp³-hybridized carbons (Fsp3) is 0.833. The summed E-state index contributed by atoms with van der Waals surface area (Å²) in [5, 5.41) is 8.72. The van der Waals surface area contributed by atoms with Gasteiger partial charge in [-0.1, -0.05) is 0 Å². The molecule has 1 aliphatic heterocycles. The Morgan fingerprint density at radius 3 is 2.71 bits per heavy atom. The molecule has 1 fully saturated rings. The normalized spacial score (nSPS) is 24.8. The third kappa shape index (κ3) is 2.41. The first-order valence-electron chi connectivity index (χ1n) is 4.17. The van der Waals surface area contributed by atoms with Crippen molar-refractivity contribution < 1.29 is 18.3 Å². The number of aliphatic carboxylic acids is 1. The highest BCUT2D eigenvalue weighted by atomic mass is 32.2. The van der Waals surface area contributed by atoms with Crippen LogP contribution in [0.1, 0.15) is 12.8 Å². The van der Waals surface area contributed by atoms with Gasteiger partial charge < -0.3 is 5.11 Å². The van der Waals surface area contributed by atoms with Gasteiger partial charge in [0.2, 0.25) is 0 Å². The summed E-state index contributed by atoms with van der Waals surface area (Å²) in [4.78, 5) is 12.3. The molecule has 0 amide bonds. The van der Waals surface area contributed by atoms with Crippen molar-refractivity contribution in [3.63, 3.8) is 0 Å². The molecule has 82 valence electrons. The topological polar surface area (TPSA) is 113 Å². The number of hydrazine groups is 1. The van der Waals surface area contributed by atoms with Crippen LogP contribution in [0.25, 0.3) is 0 Å². The number of nitrogens with zero attached hydrogens (tertiary/aromatic N) is 1. The van der Waals surface area contributed by atoms with Crippen LogP contribution in [0.2, 0.25) is 0 Å². The fourth-order valence-electron chi connectivity index (χ4n) is 1.44. The molecular weight excluding hydrogens is 210 g/mol. The van der Waals surface area contributed by atoms with Gasteiger partial charge in [0, 0.05) is 13.1 Å². The van der Waals surface area contributed by atoms with Crippen LogP contribution < -0.4 is 10.7 Å². The van der Waals surface area contributed by atoms with Crippen LogP contribution in [0, 0.1) is 5.92 Å². The molecule has 0 aromatic carbocycles. The summed E-state index contributed by atoms with van der Waals surface area (Å²) in [5.74, 6) is 3.23. The van der Waals surface area contributed by atoms with Crippen LogP contribution in [-0.4, -0.2) is 36.9 Å². The number of nitrogens with one attached hydrogen (secondary N) is 1. The lowest BCUT2D eigenvalue weighted by atomic mass is 10.0. The summed E-state index contributed by atoms with van der Waals surface area (Å²) >= 11 is 0. The van der Waals surface area contributed by atoms with Crippen molar-refractivity contribution in [1.82, 2.24) is 9.14 Å². The van der Waals surface area contributed by atoms with Gasteiger partial charge in [-0.2, -0.15) is 12.7 Å². The zero-order valence-corrected chi connectivity index (χ0v) is 8.33. The van der Waals surface area contributed by atoms with Gasteiger partial charge in [0.1, 0.15) is 0 Å². The molecule has 0 radical (unpaired) electrons. The maximum Gasteiger partial charge on any atom is 0.307 e. The predicted molar refractivity (Wildman–Crippen MR) is 48.2 cm³/mol. The first-order valence-corrected chi connectivity index (χ1v) is 5.61. The van der Waals surface area contributed by atoms with E-state index in [4.69, 9.17) is 10.9 Å². The summed E-state index contributed by atoms with van der Waals surface area (Å²) in [7, 11) is -3.69. The van der Waals surface area contributed by atoms with E-state index >= 15 is 0 Å². The molecule has 7 nitrogen and oxygen atoms in total. The standard InChI is InChI=1S/C6H13N3O4S/c7-8-14(12,13)9-3-1-2-5(4-9)6(10)11/h5,8H,1-4,7H2,(H,10,11). The summed E-state index contributed by atoms with van der Waals surface area (Å²) in [6, 6.07) is 0. The Hall–Kier alpha value is -0.700. The van der Waals surface area contributed by atoms with E-state index in [0.717, 1.165) is 4.31 Å².